The lowest BCUT2D eigenvalue weighted by atomic mass is 10.1. The minimum absolute atomic E-state index is 0.210. The minimum atomic E-state index is -0.762. The van der Waals surface area contributed by atoms with Gasteiger partial charge in [-0.1, -0.05) is 11.6 Å². The average Bonchev–Trinajstić information content (AvgIpc) is 3.08. The van der Waals surface area contributed by atoms with E-state index in [4.69, 9.17) is 22.6 Å². The summed E-state index contributed by atoms with van der Waals surface area (Å²) in [5.74, 6) is 4.10. The third-order valence-electron chi connectivity index (χ3n) is 3.42. The van der Waals surface area contributed by atoms with Crippen molar-refractivity contribution in [2.45, 2.75) is 19.0 Å². The first-order valence-electron chi connectivity index (χ1n) is 7.15. The molecule has 0 bridgehead atoms. The van der Waals surface area contributed by atoms with Crippen LogP contribution in [0.2, 0.25) is 5.02 Å². The predicted octanol–water partition coefficient (Wildman–Crippen LogP) is -1.37. The smallest absolute Gasteiger partial charge is 0.269 e. The molecule has 1 aliphatic heterocycles. The quantitative estimate of drug-likeness (QED) is 0.165. The molecule has 1 aromatic carbocycles. The number of aliphatic hydroxyl groups is 1. The number of halogens is 1. The van der Waals surface area contributed by atoms with Crippen molar-refractivity contribution in [2.24, 2.45) is 16.0 Å². The number of rotatable bonds is 6. The Kier molecular flexibility index (Phi) is 6.24. The number of amides is 2. The number of aliphatic hydroxyl groups excluding tert-OH is 1. The van der Waals surface area contributed by atoms with E-state index in [-0.39, 0.29) is 12.5 Å². The van der Waals surface area contributed by atoms with Crippen molar-refractivity contribution in [1.29, 1.82) is 0 Å². The van der Waals surface area contributed by atoms with Gasteiger partial charge in [0.2, 0.25) is 12.2 Å². The highest BCUT2D eigenvalue weighted by Crippen LogP contribution is 2.17. The molecule has 1 unspecified atom stereocenters. The maximum Gasteiger partial charge on any atom is 0.269 e. The SMILES string of the molecule is NN=C[NH2+]c1ccc(Cl)cc1CNC(=O)C1CC=NN1C(=O)CO. The van der Waals surface area contributed by atoms with E-state index in [1.807, 2.05) is 0 Å². The van der Waals surface area contributed by atoms with Crippen molar-refractivity contribution < 1.29 is 20.0 Å². The minimum Gasteiger partial charge on any atom is -0.386 e. The van der Waals surface area contributed by atoms with E-state index in [2.05, 4.69) is 15.5 Å². The van der Waals surface area contributed by atoms with E-state index >= 15 is 0 Å². The predicted molar refractivity (Wildman–Crippen MR) is 88.4 cm³/mol. The van der Waals surface area contributed by atoms with Gasteiger partial charge in [-0.15, -0.1) is 5.10 Å². The number of carbonyl (C=O) groups excluding carboxylic acids is 2. The standard InChI is InChI=1S/C14H17ClN6O3/c15-10-1-2-11(18-8-19-16)9(5-10)6-17-14(24)12-3-4-20-21(12)13(23)7-22/h1-2,4-5,8,12,22H,3,6-7,16H2,(H,17,24)(H,18,19)/p+1. The van der Waals surface area contributed by atoms with Gasteiger partial charge in [0.25, 0.3) is 5.91 Å². The number of nitrogens with zero attached hydrogens (tertiary/aromatic N) is 3. The molecule has 10 heteroatoms. The number of hydrogen-bond acceptors (Lipinski definition) is 6. The molecular weight excluding hydrogens is 336 g/mol. The van der Waals surface area contributed by atoms with Crippen LogP contribution < -0.4 is 16.5 Å². The van der Waals surface area contributed by atoms with Crippen molar-refractivity contribution in [3.63, 3.8) is 0 Å². The Balaban J connectivity index is 2.04. The fourth-order valence-electron chi connectivity index (χ4n) is 2.26. The largest absolute Gasteiger partial charge is 0.386 e. The first kappa shape index (κ1) is 17.9. The molecule has 1 aliphatic rings. The zero-order chi connectivity index (χ0) is 17.5. The molecule has 24 heavy (non-hydrogen) atoms. The van der Waals surface area contributed by atoms with Crippen LogP contribution in [0.1, 0.15) is 12.0 Å². The maximum atomic E-state index is 12.3. The van der Waals surface area contributed by atoms with Gasteiger partial charge >= 0.3 is 0 Å². The average molecular weight is 354 g/mol. The summed E-state index contributed by atoms with van der Waals surface area (Å²) in [6.45, 7) is -0.492. The van der Waals surface area contributed by atoms with Crippen molar-refractivity contribution in [3.05, 3.63) is 28.8 Å². The molecule has 0 radical (unpaired) electrons. The summed E-state index contributed by atoms with van der Waals surface area (Å²) < 4.78 is 0. The van der Waals surface area contributed by atoms with Crippen molar-refractivity contribution in [2.75, 3.05) is 6.61 Å². The van der Waals surface area contributed by atoms with Gasteiger partial charge in [0.05, 0.1) is 0 Å². The van der Waals surface area contributed by atoms with E-state index in [1.54, 1.807) is 23.5 Å². The first-order valence-corrected chi connectivity index (χ1v) is 7.52. The van der Waals surface area contributed by atoms with Crippen LogP contribution in [0.3, 0.4) is 0 Å². The summed E-state index contributed by atoms with van der Waals surface area (Å²) in [4.78, 5) is 23.9. The lowest BCUT2D eigenvalue weighted by Gasteiger charge is -2.20. The number of hydrogen-bond donors (Lipinski definition) is 4. The molecule has 1 atom stereocenters. The van der Waals surface area contributed by atoms with E-state index < -0.39 is 18.6 Å². The summed E-state index contributed by atoms with van der Waals surface area (Å²) in [5.41, 5.74) is 1.58. The molecule has 1 heterocycles. The summed E-state index contributed by atoms with van der Waals surface area (Å²) in [5, 5.41) is 22.1. The summed E-state index contributed by atoms with van der Waals surface area (Å²) in [7, 11) is 0. The molecule has 128 valence electrons. The molecule has 0 saturated carbocycles. The van der Waals surface area contributed by atoms with Crippen molar-refractivity contribution in [3.8, 4) is 0 Å². The Hall–Kier alpha value is -2.49. The summed E-state index contributed by atoms with van der Waals surface area (Å²) in [6.07, 6.45) is 3.20. The van der Waals surface area contributed by atoms with Crippen LogP contribution >= 0.6 is 11.6 Å². The number of benzene rings is 1. The zero-order valence-electron chi connectivity index (χ0n) is 12.7. The molecule has 0 aliphatic carbocycles. The second-order valence-corrected chi connectivity index (χ2v) is 5.41. The Morgan fingerprint density at radius 1 is 1.58 bits per heavy atom. The molecule has 2 rings (SSSR count). The highest BCUT2D eigenvalue weighted by Gasteiger charge is 2.32. The Morgan fingerprint density at radius 2 is 2.38 bits per heavy atom. The Bertz CT molecular complexity index is 678. The number of carbonyl (C=O) groups is 2. The monoisotopic (exact) mass is 353 g/mol. The van der Waals surface area contributed by atoms with Crippen molar-refractivity contribution >= 4 is 41.7 Å². The fraction of sp³-hybridized carbons (Fsp3) is 0.286. The molecule has 9 nitrogen and oxygen atoms in total. The van der Waals surface area contributed by atoms with Crippen molar-refractivity contribution in [1.82, 2.24) is 10.3 Å². The third-order valence-corrected chi connectivity index (χ3v) is 3.66. The molecule has 0 fully saturated rings. The van der Waals surface area contributed by atoms with Crippen LogP contribution in [0, 0.1) is 0 Å². The number of hydrazone groups is 2. The lowest BCUT2D eigenvalue weighted by Crippen LogP contribution is -2.76. The number of nitrogens with one attached hydrogen (secondary N) is 1. The number of quaternary nitrogens is 1. The molecule has 0 saturated heterocycles. The van der Waals surface area contributed by atoms with E-state index in [0.29, 0.717) is 11.4 Å². The maximum absolute atomic E-state index is 12.3. The van der Waals surface area contributed by atoms with E-state index in [1.165, 1.54) is 12.6 Å². The van der Waals surface area contributed by atoms with Crippen LogP contribution in [-0.2, 0) is 16.1 Å². The van der Waals surface area contributed by atoms with Gasteiger partial charge in [-0.05, 0) is 12.1 Å². The lowest BCUT2D eigenvalue weighted by molar-refractivity contribution is -0.434. The zero-order valence-corrected chi connectivity index (χ0v) is 13.5. The van der Waals surface area contributed by atoms with Gasteiger partial charge in [0.15, 0.2) is 0 Å². The molecule has 6 N–H and O–H groups in total. The molecule has 0 spiro atoms. The second kappa shape index (κ2) is 8.39. The highest BCUT2D eigenvalue weighted by molar-refractivity contribution is 6.30. The molecule has 0 aromatic heterocycles. The fourth-order valence-corrected chi connectivity index (χ4v) is 2.45. The third kappa shape index (κ3) is 4.28. The Labute approximate surface area is 143 Å². The highest BCUT2D eigenvalue weighted by atomic mass is 35.5. The second-order valence-electron chi connectivity index (χ2n) is 4.97. The van der Waals surface area contributed by atoms with Gasteiger partial charge in [-0.2, -0.15) is 5.10 Å². The molecule has 1 aromatic rings. The van der Waals surface area contributed by atoms with Gasteiger partial charge in [0.1, 0.15) is 18.3 Å². The van der Waals surface area contributed by atoms with Gasteiger partial charge in [-0.25, -0.2) is 5.01 Å². The van der Waals surface area contributed by atoms with Crippen LogP contribution in [0.25, 0.3) is 0 Å². The molecular formula is C14H18ClN6O3+. The molecule has 2 amide bonds. The topological polar surface area (TPSA) is 137 Å². The van der Waals surface area contributed by atoms with Crippen LogP contribution in [0.4, 0.5) is 5.69 Å². The van der Waals surface area contributed by atoms with Gasteiger partial charge in [-0.3, -0.25) is 14.9 Å². The summed E-state index contributed by atoms with van der Waals surface area (Å²) >= 11 is 5.99. The Morgan fingerprint density at radius 3 is 3.08 bits per heavy atom. The first-order chi connectivity index (χ1) is 11.6. The summed E-state index contributed by atoms with van der Waals surface area (Å²) in [6, 6.07) is 4.46. The van der Waals surface area contributed by atoms with E-state index in [0.717, 1.165) is 16.3 Å². The van der Waals surface area contributed by atoms with Crippen LogP contribution in [-0.4, -0.2) is 47.1 Å². The number of nitrogens with two attached hydrogens (primary N) is 2. The van der Waals surface area contributed by atoms with Crippen LogP contribution in [0.5, 0.6) is 0 Å². The normalized spacial score (nSPS) is 16.8. The van der Waals surface area contributed by atoms with Crippen LogP contribution in [0.15, 0.2) is 28.4 Å². The van der Waals surface area contributed by atoms with Gasteiger partial charge in [0, 0.05) is 35.8 Å². The van der Waals surface area contributed by atoms with E-state index in [9.17, 15) is 9.59 Å². The van der Waals surface area contributed by atoms with Gasteiger partial charge < -0.3 is 16.3 Å².